The van der Waals surface area contributed by atoms with Crippen LogP contribution >= 0.6 is 11.6 Å². The van der Waals surface area contributed by atoms with Gasteiger partial charge in [-0.15, -0.1) is 0 Å². The van der Waals surface area contributed by atoms with E-state index in [-0.39, 0.29) is 41.6 Å². The molecule has 184 valence electrons. The molecule has 33 heavy (non-hydrogen) atoms. The van der Waals surface area contributed by atoms with Gasteiger partial charge < -0.3 is 19.3 Å². The molecule has 0 heterocycles. The van der Waals surface area contributed by atoms with Crippen molar-refractivity contribution in [3.8, 4) is 0 Å². The number of carbonyl (C=O) groups is 3. The molecular weight excluding hydrogens is 448 g/mol. The van der Waals surface area contributed by atoms with Gasteiger partial charge in [-0.1, -0.05) is 37.9 Å². The van der Waals surface area contributed by atoms with E-state index in [4.69, 9.17) is 25.8 Å². The zero-order chi connectivity index (χ0) is 24.0. The number of rotatable bonds is 5. The summed E-state index contributed by atoms with van der Waals surface area (Å²) in [5, 5.41) is 11.5. The quantitative estimate of drug-likeness (QED) is 0.454. The first kappa shape index (κ1) is 24.5. The van der Waals surface area contributed by atoms with Gasteiger partial charge in [-0.3, -0.25) is 4.79 Å². The molecule has 1 N–H and O–H groups in total. The van der Waals surface area contributed by atoms with Gasteiger partial charge in [0.25, 0.3) is 0 Å². The molecule has 4 rings (SSSR count). The fraction of sp³-hybridized carbons (Fsp3) is 0.800. The van der Waals surface area contributed by atoms with Crippen LogP contribution in [-0.2, 0) is 23.8 Å². The Morgan fingerprint density at radius 2 is 1.94 bits per heavy atom. The van der Waals surface area contributed by atoms with Crippen LogP contribution in [0.3, 0.4) is 0 Å². The molecule has 7 atom stereocenters. The zero-order valence-electron chi connectivity index (χ0n) is 19.7. The van der Waals surface area contributed by atoms with Crippen LogP contribution in [-0.4, -0.2) is 47.4 Å². The Morgan fingerprint density at radius 1 is 1.18 bits per heavy atom. The van der Waals surface area contributed by atoms with Gasteiger partial charge in [0.15, 0.2) is 11.8 Å². The molecule has 0 aromatic carbocycles. The Kier molecular flexibility index (Phi) is 6.60. The molecule has 0 amide bonds. The first-order valence-electron chi connectivity index (χ1n) is 12.1. The third kappa shape index (κ3) is 3.70. The lowest BCUT2D eigenvalue weighted by Gasteiger charge is -2.60. The van der Waals surface area contributed by atoms with E-state index in [0.29, 0.717) is 32.1 Å². The lowest BCUT2D eigenvalue weighted by Crippen LogP contribution is -2.63. The predicted octanol–water partition coefficient (Wildman–Crippen LogP) is 4.53. The number of allylic oxidation sites excluding steroid dienone is 1. The van der Waals surface area contributed by atoms with Gasteiger partial charge in [0.1, 0.15) is 0 Å². The van der Waals surface area contributed by atoms with Crippen molar-refractivity contribution in [2.45, 2.75) is 83.8 Å². The monoisotopic (exact) mass is 482 g/mol. The summed E-state index contributed by atoms with van der Waals surface area (Å²) in [6.07, 6.45) is 4.98. The molecule has 0 aliphatic heterocycles. The lowest BCUT2D eigenvalue weighted by atomic mass is 9.45. The lowest BCUT2D eigenvalue weighted by molar-refractivity contribution is -0.202. The van der Waals surface area contributed by atoms with Crippen molar-refractivity contribution in [1.82, 2.24) is 0 Å². The summed E-state index contributed by atoms with van der Waals surface area (Å²) < 4.78 is 16.2. The Labute approximate surface area is 200 Å². The summed E-state index contributed by atoms with van der Waals surface area (Å²) >= 11 is 5.73. The summed E-state index contributed by atoms with van der Waals surface area (Å²) in [6, 6.07) is -0.344. The summed E-state index contributed by atoms with van der Waals surface area (Å²) in [6.45, 7) is 6.18. The highest BCUT2D eigenvalue weighted by Crippen LogP contribution is 2.68. The van der Waals surface area contributed by atoms with Gasteiger partial charge in [-0.25, -0.2) is 9.59 Å². The van der Waals surface area contributed by atoms with Crippen molar-refractivity contribution in [1.29, 1.82) is 0 Å². The van der Waals surface area contributed by atoms with Crippen LogP contribution in [0.4, 0.5) is 4.79 Å². The molecular formula is C25H35ClO7. The molecule has 3 saturated carbocycles. The molecule has 0 unspecified atom stereocenters. The van der Waals surface area contributed by atoms with E-state index in [2.05, 4.69) is 6.92 Å². The molecule has 0 aromatic rings. The second kappa shape index (κ2) is 8.88. The molecule has 4 aliphatic carbocycles. The smallest absolute Gasteiger partial charge is 0.446 e. The predicted molar refractivity (Wildman–Crippen MR) is 120 cm³/mol. The molecule has 8 heteroatoms. The molecule has 0 radical (unpaired) electrons. The van der Waals surface area contributed by atoms with Crippen molar-refractivity contribution in [2.75, 3.05) is 12.7 Å². The molecule has 0 spiro atoms. The minimum Gasteiger partial charge on any atom is -0.446 e. The second-order valence-corrected chi connectivity index (χ2v) is 10.9. The summed E-state index contributed by atoms with van der Waals surface area (Å²) in [4.78, 5) is 37.9. The first-order chi connectivity index (χ1) is 15.6. The Morgan fingerprint density at radius 3 is 2.64 bits per heavy atom. The van der Waals surface area contributed by atoms with Gasteiger partial charge in [0.2, 0.25) is 5.60 Å². The maximum atomic E-state index is 13.3. The highest BCUT2D eigenvalue weighted by atomic mass is 35.5. The van der Waals surface area contributed by atoms with Gasteiger partial charge in [-0.05, 0) is 74.2 Å². The van der Waals surface area contributed by atoms with E-state index in [1.165, 1.54) is 0 Å². The van der Waals surface area contributed by atoms with Gasteiger partial charge in [0.05, 0.1) is 12.7 Å². The molecule has 0 bridgehead atoms. The number of carbonyl (C=O) groups excluding carboxylic acids is 3. The first-order valence-corrected chi connectivity index (χ1v) is 12.7. The van der Waals surface area contributed by atoms with Crippen LogP contribution < -0.4 is 0 Å². The summed E-state index contributed by atoms with van der Waals surface area (Å²) in [7, 11) is 0. The van der Waals surface area contributed by atoms with Crippen molar-refractivity contribution in [3.63, 3.8) is 0 Å². The topological polar surface area (TPSA) is 99.1 Å². The van der Waals surface area contributed by atoms with Crippen molar-refractivity contribution in [2.24, 2.45) is 28.6 Å². The number of halogens is 1. The zero-order valence-corrected chi connectivity index (χ0v) is 20.5. The minimum atomic E-state index is -1.55. The van der Waals surface area contributed by atoms with E-state index in [0.717, 1.165) is 24.8 Å². The highest BCUT2D eigenvalue weighted by molar-refractivity contribution is 6.17. The molecule has 4 aliphatic rings. The summed E-state index contributed by atoms with van der Waals surface area (Å²) in [5.74, 6) is -0.305. The highest BCUT2D eigenvalue weighted by Gasteiger charge is 2.71. The third-order valence-electron chi connectivity index (χ3n) is 9.21. The Bertz CT molecular complexity index is 856. The van der Waals surface area contributed by atoms with E-state index in [1.807, 2.05) is 13.8 Å². The number of hydrogen-bond acceptors (Lipinski definition) is 7. The van der Waals surface area contributed by atoms with Crippen molar-refractivity contribution < 1.29 is 33.7 Å². The summed E-state index contributed by atoms with van der Waals surface area (Å²) in [5.41, 5.74) is -1.46. The maximum absolute atomic E-state index is 13.3. The number of ketones is 1. The third-order valence-corrected chi connectivity index (χ3v) is 9.32. The van der Waals surface area contributed by atoms with Crippen molar-refractivity contribution >= 4 is 29.5 Å². The van der Waals surface area contributed by atoms with Crippen LogP contribution in [0.2, 0.25) is 0 Å². The van der Waals surface area contributed by atoms with E-state index in [1.54, 1.807) is 6.08 Å². The SMILES string of the molecule is CCCOC(=O)O[C@]1(C(=O)OCCl)CC[C@H]2[C@@H]3CCC4=CC(=O)CC[C@]4(C)[C@H]3[C@@H](O)C[C@@]21C. The average Bonchev–Trinajstić information content (AvgIpc) is 3.05. The fourth-order valence-electron chi connectivity index (χ4n) is 7.74. The Hall–Kier alpha value is -1.60. The van der Waals surface area contributed by atoms with Crippen LogP contribution in [0.1, 0.15) is 72.1 Å². The van der Waals surface area contributed by atoms with Crippen LogP contribution in [0.25, 0.3) is 0 Å². The van der Waals surface area contributed by atoms with Gasteiger partial charge in [0, 0.05) is 11.8 Å². The molecule has 3 fully saturated rings. The molecule has 0 saturated heterocycles. The number of aliphatic hydroxyl groups is 1. The maximum Gasteiger partial charge on any atom is 0.509 e. The minimum absolute atomic E-state index is 0.00411. The van der Waals surface area contributed by atoms with E-state index < -0.39 is 29.2 Å². The average molecular weight is 483 g/mol. The van der Waals surface area contributed by atoms with Crippen molar-refractivity contribution in [3.05, 3.63) is 11.6 Å². The van der Waals surface area contributed by atoms with Crippen LogP contribution in [0, 0.1) is 28.6 Å². The second-order valence-electron chi connectivity index (χ2n) is 10.7. The van der Waals surface area contributed by atoms with E-state index in [9.17, 15) is 19.5 Å². The molecule has 7 nitrogen and oxygen atoms in total. The van der Waals surface area contributed by atoms with Gasteiger partial charge in [-0.2, -0.15) is 0 Å². The normalized spacial score (nSPS) is 41.8. The van der Waals surface area contributed by atoms with Crippen LogP contribution in [0.15, 0.2) is 11.6 Å². The number of ether oxygens (including phenoxy) is 3. The number of hydrogen-bond donors (Lipinski definition) is 1. The Balaban J connectivity index is 1.70. The van der Waals surface area contributed by atoms with E-state index >= 15 is 0 Å². The number of esters is 1. The number of alkyl halides is 1. The molecule has 0 aromatic heterocycles. The fourth-order valence-corrected chi connectivity index (χ4v) is 7.84. The largest absolute Gasteiger partial charge is 0.509 e. The number of fused-ring (bicyclic) bond motifs is 5. The standard InChI is InChI=1S/C25H35ClO7/c1-4-11-31-22(30)33-25(21(29)32-14-26)10-8-18-17-6-5-15-12-16(27)7-9-23(15,2)20(17)19(28)13-24(18,25)3/h12,17-20,28H,4-11,13-14H2,1-3H3/t17-,18-,19-,20+,23-,24-,25-/m0/s1. The van der Waals surface area contributed by atoms with Gasteiger partial charge >= 0.3 is 12.1 Å². The number of aliphatic hydroxyl groups excluding tert-OH is 1. The van der Waals surface area contributed by atoms with Crippen LogP contribution in [0.5, 0.6) is 0 Å².